The molecule has 1 saturated carbocycles. The summed E-state index contributed by atoms with van der Waals surface area (Å²) in [7, 11) is 0. The number of aromatic nitrogens is 2. The third-order valence-electron chi connectivity index (χ3n) is 3.22. The van der Waals surface area contributed by atoms with Crippen LogP contribution >= 0.6 is 0 Å². The highest BCUT2D eigenvalue weighted by atomic mass is 16.4. The van der Waals surface area contributed by atoms with E-state index in [0.717, 1.165) is 12.8 Å². The van der Waals surface area contributed by atoms with E-state index < -0.39 is 5.97 Å². The van der Waals surface area contributed by atoms with Gasteiger partial charge in [0.25, 0.3) is 0 Å². The van der Waals surface area contributed by atoms with Gasteiger partial charge in [-0.2, -0.15) is 5.10 Å². The highest BCUT2D eigenvalue weighted by Crippen LogP contribution is 2.39. The van der Waals surface area contributed by atoms with Crippen LogP contribution in [-0.2, 0) is 11.3 Å². The summed E-state index contributed by atoms with van der Waals surface area (Å²) in [6, 6.07) is -0.299. The number of rotatable bonds is 5. The number of carboxylic acid groups (broad SMARTS) is 1. The molecule has 1 aliphatic carbocycles. The summed E-state index contributed by atoms with van der Waals surface area (Å²) in [6.07, 6.45) is 5.19. The number of nitrogens with one attached hydrogen (secondary N) is 2. The number of urea groups is 1. The number of carbonyl (C=O) groups is 2. The average Bonchev–Trinajstić information content (AvgIpc) is 3.02. The third kappa shape index (κ3) is 3.70. The number of carbonyl (C=O) groups excluding carboxylic acids is 1. The van der Waals surface area contributed by atoms with Crippen LogP contribution in [0.5, 0.6) is 0 Å². The molecule has 7 heteroatoms. The quantitative estimate of drug-likeness (QED) is 0.748. The Labute approximate surface area is 111 Å². The van der Waals surface area contributed by atoms with E-state index in [0.29, 0.717) is 11.6 Å². The van der Waals surface area contributed by atoms with Crippen molar-refractivity contribution < 1.29 is 14.7 Å². The fourth-order valence-electron chi connectivity index (χ4n) is 2.02. The molecule has 0 atom stereocenters. The Morgan fingerprint density at radius 3 is 2.79 bits per heavy atom. The van der Waals surface area contributed by atoms with Gasteiger partial charge >= 0.3 is 12.0 Å². The van der Waals surface area contributed by atoms with Crippen molar-refractivity contribution >= 4 is 17.7 Å². The van der Waals surface area contributed by atoms with E-state index >= 15 is 0 Å². The molecule has 1 aliphatic rings. The molecular weight excluding hydrogens is 248 g/mol. The summed E-state index contributed by atoms with van der Waals surface area (Å²) in [5, 5.41) is 18.0. The Hall–Kier alpha value is -2.05. The maximum absolute atomic E-state index is 11.8. The first kappa shape index (κ1) is 13.4. The van der Waals surface area contributed by atoms with Gasteiger partial charge < -0.3 is 15.7 Å². The first-order valence-electron chi connectivity index (χ1n) is 6.20. The van der Waals surface area contributed by atoms with Crippen LogP contribution in [0.1, 0.15) is 26.7 Å². The van der Waals surface area contributed by atoms with Crippen LogP contribution in [-0.4, -0.2) is 32.4 Å². The van der Waals surface area contributed by atoms with Gasteiger partial charge in [0, 0.05) is 11.7 Å². The Morgan fingerprint density at radius 1 is 1.53 bits per heavy atom. The Kier molecular flexibility index (Phi) is 3.46. The minimum atomic E-state index is -0.978. The van der Waals surface area contributed by atoms with Crippen LogP contribution in [0.4, 0.5) is 10.5 Å². The summed E-state index contributed by atoms with van der Waals surface area (Å²) in [4.78, 5) is 22.3. The molecule has 104 valence electrons. The third-order valence-corrected chi connectivity index (χ3v) is 3.22. The largest absolute Gasteiger partial charge is 0.480 e. The Balaban J connectivity index is 1.88. The van der Waals surface area contributed by atoms with E-state index in [9.17, 15) is 9.59 Å². The molecule has 1 heterocycles. The second kappa shape index (κ2) is 4.91. The summed E-state index contributed by atoms with van der Waals surface area (Å²) in [6.45, 7) is 3.77. The normalized spacial score (nSPS) is 15.1. The molecule has 1 aromatic heterocycles. The zero-order valence-corrected chi connectivity index (χ0v) is 11.0. The van der Waals surface area contributed by atoms with Crippen LogP contribution in [0, 0.1) is 5.92 Å². The van der Waals surface area contributed by atoms with Gasteiger partial charge in [0.1, 0.15) is 6.54 Å². The van der Waals surface area contributed by atoms with Gasteiger partial charge in [0.15, 0.2) is 0 Å². The summed E-state index contributed by atoms with van der Waals surface area (Å²) < 4.78 is 1.25. The smallest absolute Gasteiger partial charge is 0.325 e. The number of amides is 2. The molecular formula is C12H18N4O3. The lowest BCUT2D eigenvalue weighted by Crippen LogP contribution is -2.47. The molecule has 1 aromatic rings. The highest BCUT2D eigenvalue weighted by molar-refractivity contribution is 5.89. The number of carboxylic acids is 1. The van der Waals surface area contributed by atoms with Gasteiger partial charge in [-0.25, -0.2) is 4.79 Å². The lowest BCUT2D eigenvalue weighted by molar-refractivity contribution is -0.137. The zero-order valence-electron chi connectivity index (χ0n) is 11.0. The van der Waals surface area contributed by atoms with Crippen LogP contribution < -0.4 is 10.6 Å². The number of hydrogen-bond donors (Lipinski definition) is 3. The van der Waals surface area contributed by atoms with Crippen molar-refractivity contribution in [1.82, 2.24) is 15.1 Å². The second-order valence-electron chi connectivity index (χ2n) is 5.40. The molecule has 2 rings (SSSR count). The minimum absolute atomic E-state index is 0.221. The summed E-state index contributed by atoms with van der Waals surface area (Å²) in [5.74, 6) is -0.443. The molecule has 1 fully saturated rings. The van der Waals surface area contributed by atoms with Gasteiger partial charge in [-0.15, -0.1) is 0 Å². The number of aliphatic carboxylic acids is 1. The first-order valence-corrected chi connectivity index (χ1v) is 6.20. The van der Waals surface area contributed by atoms with Crippen LogP contribution in [0.3, 0.4) is 0 Å². The SMILES string of the molecule is CC(C)(NC(=O)Nc1cnn(CC(=O)O)c1)C1CC1. The van der Waals surface area contributed by atoms with Crippen molar-refractivity contribution in [3.63, 3.8) is 0 Å². The van der Waals surface area contributed by atoms with Crippen molar-refractivity contribution in [2.75, 3.05) is 5.32 Å². The van der Waals surface area contributed by atoms with E-state index in [1.54, 1.807) is 0 Å². The van der Waals surface area contributed by atoms with E-state index in [1.165, 1.54) is 17.1 Å². The minimum Gasteiger partial charge on any atom is -0.480 e. The standard InChI is InChI=1S/C12H18N4O3/c1-12(2,8-3-4-8)15-11(19)14-9-5-13-16(6-9)7-10(17)18/h5-6,8H,3-4,7H2,1-2H3,(H,17,18)(H2,14,15,19). The van der Waals surface area contributed by atoms with Crippen molar-refractivity contribution in [3.05, 3.63) is 12.4 Å². The molecule has 19 heavy (non-hydrogen) atoms. The van der Waals surface area contributed by atoms with Crippen LogP contribution in [0.15, 0.2) is 12.4 Å². The molecule has 0 bridgehead atoms. The molecule has 3 N–H and O–H groups in total. The van der Waals surface area contributed by atoms with Gasteiger partial charge in [0.05, 0.1) is 11.9 Å². The number of nitrogens with zero attached hydrogens (tertiary/aromatic N) is 2. The molecule has 7 nitrogen and oxygen atoms in total. The Morgan fingerprint density at radius 2 is 2.21 bits per heavy atom. The van der Waals surface area contributed by atoms with E-state index in [1.807, 2.05) is 13.8 Å². The van der Waals surface area contributed by atoms with Gasteiger partial charge in [-0.05, 0) is 32.6 Å². The van der Waals surface area contributed by atoms with E-state index in [-0.39, 0.29) is 18.1 Å². The lowest BCUT2D eigenvalue weighted by atomic mass is 9.99. The van der Waals surface area contributed by atoms with Gasteiger partial charge in [-0.1, -0.05) is 0 Å². The fraction of sp³-hybridized carbons (Fsp3) is 0.583. The van der Waals surface area contributed by atoms with E-state index in [2.05, 4.69) is 15.7 Å². The maximum Gasteiger partial charge on any atom is 0.325 e. The zero-order chi connectivity index (χ0) is 14.0. The first-order chi connectivity index (χ1) is 8.87. The fourth-order valence-corrected chi connectivity index (χ4v) is 2.02. The monoisotopic (exact) mass is 266 g/mol. The molecule has 0 unspecified atom stereocenters. The topological polar surface area (TPSA) is 96.3 Å². The molecule has 2 amide bonds. The summed E-state index contributed by atoms with van der Waals surface area (Å²) >= 11 is 0. The predicted molar refractivity (Wildman–Crippen MR) is 68.8 cm³/mol. The second-order valence-corrected chi connectivity index (χ2v) is 5.40. The lowest BCUT2D eigenvalue weighted by Gasteiger charge is -2.25. The Bertz CT molecular complexity index is 491. The molecule has 0 aromatic carbocycles. The van der Waals surface area contributed by atoms with Crippen LogP contribution in [0.2, 0.25) is 0 Å². The predicted octanol–water partition coefficient (Wildman–Crippen LogP) is 1.28. The van der Waals surface area contributed by atoms with Crippen molar-refractivity contribution in [2.45, 2.75) is 38.8 Å². The molecule has 0 spiro atoms. The number of anilines is 1. The molecule has 0 radical (unpaired) electrons. The van der Waals surface area contributed by atoms with Crippen molar-refractivity contribution in [2.24, 2.45) is 5.92 Å². The summed E-state index contributed by atoms with van der Waals surface area (Å²) in [5.41, 5.74) is 0.256. The molecule has 0 aliphatic heterocycles. The molecule has 0 saturated heterocycles. The van der Waals surface area contributed by atoms with Crippen molar-refractivity contribution in [1.29, 1.82) is 0 Å². The average molecular weight is 266 g/mol. The highest BCUT2D eigenvalue weighted by Gasteiger charge is 2.38. The van der Waals surface area contributed by atoms with E-state index in [4.69, 9.17) is 5.11 Å². The van der Waals surface area contributed by atoms with Gasteiger partial charge in [0.2, 0.25) is 0 Å². The number of hydrogen-bond acceptors (Lipinski definition) is 3. The maximum atomic E-state index is 11.8. The van der Waals surface area contributed by atoms with Crippen molar-refractivity contribution in [3.8, 4) is 0 Å². The van der Waals surface area contributed by atoms with Gasteiger partial charge in [-0.3, -0.25) is 9.48 Å². The van der Waals surface area contributed by atoms with Crippen LogP contribution in [0.25, 0.3) is 0 Å².